The van der Waals surface area contributed by atoms with Crippen LogP contribution in [0.3, 0.4) is 0 Å². The van der Waals surface area contributed by atoms with E-state index in [9.17, 15) is 4.39 Å². The van der Waals surface area contributed by atoms with Crippen molar-refractivity contribution in [2.75, 3.05) is 41.9 Å². The van der Waals surface area contributed by atoms with Gasteiger partial charge in [0.25, 0.3) is 0 Å². The third-order valence-electron chi connectivity index (χ3n) is 5.73. The molecule has 37 heavy (non-hydrogen) atoms. The Balaban J connectivity index is 1.37. The van der Waals surface area contributed by atoms with Crippen molar-refractivity contribution in [2.45, 2.75) is 13.8 Å². The molecular formula is C27H29FN8O. The monoisotopic (exact) mass is 500 g/mol. The highest BCUT2D eigenvalue weighted by atomic mass is 19.1. The minimum atomic E-state index is -0.477. The van der Waals surface area contributed by atoms with Gasteiger partial charge in [-0.25, -0.2) is 14.8 Å². The van der Waals surface area contributed by atoms with E-state index >= 15 is 0 Å². The van der Waals surface area contributed by atoms with Crippen LogP contribution in [0.1, 0.15) is 25.1 Å². The molecule has 0 spiro atoms. The summed E-state index contributed by atoms with van der Waals surface area (Å²) in [7, 11) is 0. The number of rotatable bonds is 9. The summed E-state index contributed by atoms with van der Waals surface area (Å²) < 4.78 is 19.5. The summed E-state index contributed by atoms with van der Waals surface area (Å²) in [6.07, 6.45) is 7.73. The SMILES string of the molecule is C=CN=C/C(C)=C(\C)c1cccc(Nc2ccc(/C=N/Nc3ncc(F)c(N4CCOCC4)n3)nc2)c1. The fraction of sp³-hybridized carbons (Fsp3) is 0.222. The molecule has 2 aromatic heterocycles. The molecule has 1 fully saturated rings. The molecule has 1 saturated heterocycles. The average Bonchev–Trinajstić information content (AvgIpc) is 2.94. The fourth-order valence-electron chi connectivity index (χ4n) is 3.61. The molecule has 1 aliphatic rings. The van der Waals surface area contributed by atoms with Crippen LogP contribution in [0.2, 0.25) is 0 Å². The van der Waals surface area contributed by atoms with E-state index in [1.54, 1.807) is 18.6 Å². The first-order chi connectivity index (χ1) is 18.0. The number of aliphatic imine (C=N–C) groups is 1. The second-order valence-corrected chi connectivity index (χ2v) is 8.28. The number of nitrogens with zero attached hydrogens (tertiary/aromatic N) is 6. The summed E-state index contributed by atoms with van der Waals surface area (Å²) in [6.45, 7) is 9.92. The maximum Gasteiger partial charge on any atom is 0.245 e. The summed E-state index contributed by atoms with van der Waals surface area (Å²) in [6, 6.07) is 11.9. The third-order valence-corrected chi connectivity index (χ3v) is 5.73. The van der Waals surface area contributed by atoms with E-state index < -0.39 is 5.82 Å². The number of morpholine rings is 1. The molecule has 0 aliphatic carbocycles. The number of nitrogens with one attached hydrogen (secondary N) is 2. The Bertz CT molecular complexity index is 1310. The molecule has 3 aromatic rings. The van der Waals surface area contributed by atoms with Crippen molar-refractivity contribution in [3.05, 3.63) is 84.2 Å². The number of aromatic nitrogens is 3. The number of benzene rings is 1. The number of halogens is 1. The van der Waals surface area contributed by atoms with Gasteiger partial charge >= 0.3 is 0 Å². The van der Waals surface area contributed by atoms with Crippen molar-refractivity contribution in [2.24, 2.45) is 10.1 Å². The van der Waals surface area contributed by atoms with Crippen LogP contribution >= 0.6 is 0 Å². The third kappa shape index (κ3) is 7.05. The number of hydrazone groups is 1. The van der Waals surface area contributed by atoms with Crippen LogP contribution in [0.15, 0.2) is 77.2 Å². The highest BCUT2D eigenvalue weighted by molar-refractivity contribution is 5.90. The first-order valence-corrected chi connectivity index (χ1v) is 11.8. The van der Waals surface area contributed by atoms with Crippen molar-refractivity contribution in [1.29, 1.82) is 0 Å². The van der Waals surface area contributed by atoms with Gasteiger partial charge in [0.05, 0.1) is 43.2 Å². The second kappa shape index (κ2) is 12.5. The Labute approximate surface area is 215 Å². The molecule has 1 aliphatic heterocycles. The summed E-state index contributed by atoms with van der Waals surface area (Å²) in [5.41, 5.74) is 8.46. The molecule has 1 aromatic carbocycles. The van der Waals surface area contributed by atoms with E-state index in [2.05, 4.69) is 61.4 Å². The van der Waals surface area contributed by atoms with Gasteiger partial charge in [0.15, 0.2) is 11.6 Å². The van der Waals surface area contributed by atoms with Crippen molar-refractivity contribution in [1.82, 2.24) is 15.0 Å². The average molecular weight is 501 g/mol. The lowest BCUT2D eigenvalue weighted by Gasteiger charge is -2.27. The minimum Gasteiger partial charge on any atom is -0.378 e. The molecule has 9 nitrogen and oxygen atoms in total. The summed E-state index contributed by atoms with van der Waals surface area (Å²) in [4.78, 5) is 18.5. The predicted molar refractivity (Wildman–Crippen MR) is 147 cm³/mol. The quantitative estimate of drug-likeness (QED) is 0.313. The predicted octanol–water partition coefficient (Wildman–Crippen LogP) is 5.04. The Hall–Kier alpha value is -4.44. The van der Waals surface area contributed by atoms with Crippen LogP contribution in [0.4, 0.5) is 27.5 Å². The lowest BCUT2D eigenvalue weighted by atomic mass is 10.0. The van der Waals surface area contributed by atoms with Crippen molar-refractivity contribution < 1.29 is 9.13 Å². The normalized spacial score (nSPS) is 14.6. The molecule has 0 saturated carbocycles. The first-order valence-electron chi connectivity index (χ1n) is 11.8. The number of ether oxygens (including phenoxy) is 1. The van der Waals surface area contributed by atoms with Crippen LogP contribution in [-0.4, -0.2) is 53.7 Å². The van der Waals surface area contributed by atoms with Gasteiger partial charge in [-0.3, -0.25) is 9.98 Å². The summed E-state index contributed by atoms with van der Waals surface area (Å²) in [5, 5.41) is 7.51. The van der Waals surface area contributed by atoms with Gasteiger partial charge in [0, 0.05) is 31.2 Å². The van der Waals surface area contributed by atoms with Gasteiger partial charge in [0.2, 0.25) is 5.95 Å². The highest BCUT2D eigenvalue weighted by Crippen LogP contribution is 2.23. The molecule has 0 atom stereocenters. The van der Waals surface area contributed by atoms with Gasteiger partial charge in [-0.15, -0.1) is 0 Å². The van der Waals surface area contributed by atoms with Crippen molar-refractivity contribution in [3.63, 3.8) is 0 Å². The van der Waals surface area contributed by atoms with Gasteiger partial charge in [-0.2, -0.15) is 10.1 Å². The zero-order valence-corrected chi connectivity index (χ0v) is 20.9. The van der Waals surface area contributed by atoms with Crippen LogP contribution in [0, 0.1) is 5.82 Å². The standard InChI is InChI=1S/C27H29FN8O/c1-4-29-15-19(2)20(3)21-6-5-7-22(14-21)33-24-9-8-23(30-16-24)17-32-35-27-31-18-25(28)26(34-27)36-10-12-37-13-11-36/h4-9,14-18,33H,1,10-13H2,2-3H3,(H,31,34,35)/b20-19+,29-15?,32-17+. The van der Waals surface area contributed by atoms with Crippen molar-refractivity contribution in [3.8, 4) is 0 Å². The molecule has 190 valence electrons. The lowest BCUT2D eigenvalue weighted by Crippen LogP contribution is -2.37. The van der Waals surface area contributed by atoms with Gasteiger partial charge in [0.1, 0.15) is 0 Å². The molecule has 0 bridgehead atoms. The van der Waals surface area contributed by atoms with Crippen LogP contribution in [0.5, 0.6) is 0 Å². The van der Waals surface area contributed by atoms with E-state index in [4.69, 9.17) is 4.74 Å². The number of allylic oxidation sites excluding steroid dienone is 2. The Morgan fingerprint density at radius 2 is 1.95 bits per heavy atom. The molecule has 10 heteroatoms. The number of hydrogen-bond acceptors (Lipinski definition) is 9. The van der Waals surface area contributed by atoms with Gasteiger partial charge in [-0.05, 0) is 54.8 Å². The molecule has 3 heterocycles. The number of anilines is 4. The zero-order chi connectivity index (χ0) is 26.0. The molecular weight excluding hydrogens is 471 g/mol. The molecule has 0 radical (unpaired) electrons. The van der Waals surface area contributed by atoms with E-state index in [1.165, 1.54) is 6.20 Å². The number of hydrogen-bond donors (Lipinski definition) is 2. The Morgan fingerprint density at radius 1 is 1.11 bits per heavy atom. The second-order valence-electron chi connectivity index (χ2n) is 8.28. The van der Waals surface area contributed by atoms with Crippen LogP contribution < -0.4 is 15.6 Å². The van der Waals surface area contributed by atoms with E-state index in [1.807, 2.05) is 36.1 Å². The number of pyridine rings is 1. The Kier molecular flexibility index (Phi) is 8.66. The lowest BCUT2D eigenvalue weighted by molar-refractivity contribution is 0.122. The summed E-state index contributed by atoms with van der Waals surface area (Å²) in [5.74, 6) is -0.0402. The maximum atomic E-state index is 14.2. The first kappa shape index (κ1) is 25.6. The van der Waals surface area contributed by atoms with Crippen LogP contribution in [-0.2, 0) is 4.74 Å². The fourth-order valence-corrected chi connectivity index (χ4v) is 3.61. The zero-order valence-electron chi connectivity index (χ0n) is 20.9. The Morgan fingerprint density at radius 3 is 2.70 bits per heavy atom. The van der Waals surface area contributed by atoms with E-state index in [-0.39, 0.29) is 11.8 Å². The van der Waals surface area contributed by atoms with Gasteiger partial charge in [-0.1, -0.05) is 18.7 Å². The molecule has 0 unspecified atom stereocenters. The smallest absolute Gasteiger partial charge is 0.245 e. The van der Waals surface area contributed by atoms with Crippen molar-refractivity contribution >= 4 is 41.1 Å². The minimum absolute atomic E-state index is 0.202. The summed E-state index contributed by atoms with van der Waals surface area (Å²) >= 11 is 0. The van der Waals surface area contributed by atoms with E-state index in [0.29, 0.717) is 32.0 Å². The van der Waals surface area contributed by atoms with E-state index in [0.717, 1.165) is 34.3 Å². The largest absolute Gasteiger partial charge is 0.378 e. The molecule has 4 rings (SSSR count). The van der Waals surface area contributed by atoms with Gasteiger partial charge < -0.3 is 15.0 Å². The van der Waals surface area contributed by atoms with Crippen LogP contribution in [0.25, 0.3) is 5.57 Å². The molecule has 2 N–H and O–H groups in total. The topological polar surface area (TPSA) is 99.9 Å². The highest BCUT2D eigenvalue weighted by Gasteiger charge is 2.17. The maximum absolute atomic E-state index is 14.2. The molecule has 0 amide bonds.